The van der Waals surface area contributed by atoms with Gasteiger partial charge in [-0.15, -0.1) is 0 Å². The number of benzene rings is 1. The fraction of sp³-hybridized carbons (Fsp3) is 0.400. The summed E-state index contributed by atoms with van der Waals surface area (Å²) in [6.45, 7) is 7.72. The van der Waals surface area contributed by atoms with Gasteiger partial charge in [-0.1, -0.05) is 28.1 Å². The van der Waals surface area contributed by atoms with E-state index in [2.05, 4.69) is 45.0 Å². The number of pyridine rings is 1. The molecule has 0 radical (unpaired) electrons. The minimum absolute atomic E-state index is 0.0729. The van der Waals surface area contributed by atoms with Crippen LogP contribution in [0.25, 0.3) is 0 Å². The average molecular weight is 418 g/mol. The lowest BCUT2D eigenvalue weighted by Gasteiger charge is -2.36. The Hall–Kier alpha value is -1.92. The molecule has 1 aliphatic heterocycles. The van der Waals surface area contributed by atoms with Crippen molar-refractivity contribution < 1.29 is 9.53 Å². The largest absolute Gasteiger partial charge is 0.372 e. The normalized spacial score (nSPS) is 21.3. The highest BCUT2D eigenvalue weighted by Gasteiger charge is 2.23. The molecule has 0 saturated carbocycles. The number of ether oxygens (including phenoxy) is 1. The van der Waals surface area contributed by atoms with Gasteiger partial charge in [0.15, 0.2) is 0 Å². The van der Waals surface area contributed by atoms with Gasteiger partial charge in [0.05, 0.1) is 23.8 Å². The summed E-state index contributed by atoms with van der Waals surface area (Å²) < 4.78 is 6.78. The van der Waals surface area contributed by atoms with E-state index in [0.29, 0.717) is 5.56 Å². The van der Waals surface area contributed by atoms with Gasteiger partial charge in [0.2, 0.25) is 0 Å². The number of hydrogen-bond acceptors (Lipinski definition) is 4. The lowest BCUT2D eigenvalue weighted by Crippen LogP contribution is -2.45. The zero-order valence-electron chi connectivity index (χ0n) is 15.3. The third kappa shape index (κ3) is 4.62. The molecule has 5 nitrogen and oxygen atoms in total. The summed E-state index contributed by atoms with van der Waals surface area (Å²) >= 11 is 3.42. The second kappa shape index (κ2) is 8.18. The van der Waals surface area contributed by atoms with Crippen LogP contribution in [0.2, 0.25) is 0 Å². The second-order valence-electron chi connectivity index (χ2n) is 6.81. The fourth-order valence-corrected chi connectivity index (χ4v) is 3.45. The number of anilines is 1. The molecule has 0 bridgehead atoms. The van der Waals surface area contributed by atoms with Crippen molar-refractivity contribution in [2.75, 3.05) is 18.0 Å². The molecular formula is C20H24BrN3O2. The number of nitrogens with one attached hydrogen (secondary N) is 1. The van der Waals surface area contributed by atoms with Crippen LogP contribution in [0.5, 0.6) is 0 Å². The summed E-state index contributed by atoms with van der Waals surface area (Å²) in [6, 6.07) is 11.6. The molecule has 1 fully saturated rings. The zero-order chi connectivity index (χ0) is 18.7. The van der Waals surface area contributed by atoms with Gasteiger partial charge in [0.25, 0.3) is 5.91 Å². The van der Waals surface area contributed by atoms with Gasteiger partial charge in [-0.25, -0.2) is 4.98 Å². The van der Waals surface area contributed by atoms with Gasteiger partial charge < -0.3 is 15.0 Å². The van der Waals surface area contributed by atoms with Gasteiger partial charge in [-0.2, -0.15) is 0 Å². The van der Waals surface area contributed by atoms with E-state index >= 15 is 0 Å². The molecule has 1 N–H and O–H groups in total. The molecule has 3 atom stereocenters. The minimum atomic E-state index is -0.122. The van der Waals surface area contributed by atoms with Gasteiger partial charge in [0.1, 0.15) is 5.82 Å². The van der Waals surface area contributed by atoms with E-state index in [9.17, 15) is 4.79 Å². The second-order valence-corrected chi connectivity index (χ2v) is 7.73. The Kier molecular flexibility index (Phi) is 5.94. The molecule has 0 unspecified atom stereocenters. The Balaban J connectivity index is 1.64. The van der Waals surface area contributed by atoms with E-state index in [1.807, 2.05) is 43.3 Å². The fourth-order valence-electron chi connectivity index (χ4n) is 3.19. The van der Waals surface area contributed by atoms with Crippen molar-refractivity contribution in [3.8, 4) is 0 Å². The van der Waals surface area contributed by atoms with Gasteiger partial charge in [-0.3, -0.25) is 4.79 Å². The summed E-state index contributed by atoms with van der Waals surface area (Å²) in [4.78, 5) is 19.2. The average Bonchev–Trinajstić information content (AvgIpc) is 2.61. The smallest absolute Gasteiger partial charge is 0.253 e. The number of rotatable bonds is 4. The van der Waals surface area contributed by atoms with Gasteiger partial charge in [0, 0.05) is 23.8 Å². The summed E-state index contributed by atoms with van der Waals surface area (Å²) in [5, 5.41) is 3.02. The number of carbonyl (C=O) groups excluding carboxylic acids is 1. The lowest BCUT2D eigenvalue weighted by atomic mass is 10.1. The number of amides is 1. The molecule has 1 saturated heterocycles. The molecule has 1 aromatic heterocycles. The predicted octanol–water partition coefficient (Wildman–Crippen LogP) is 3.95. The van der Waals surface area contributed by atoms with Crippen molar-refractivity contribution in [3.05, 3.63) is 58.2 Å². The minimum Gasteiger partial charge on any atom is -0.372 e. The van der Waals surface area contributed by atoms with Gasteiger partial charge in [-0.05, 0) is 50.6 Å². The Bertz CT molecular complexity index is 739. The zero-order valence-corrected chi connectivity index (χ0v) is 16.9. The van der Waals surface area contributed by atoms with Crippen LogP contribution in [0.3, 0.4) is 0 Å². The van der Waals surface area contributed by atoms with Crippen molar-refractivity contribution in [1.29, 1.82) is 0 Å². The van der Waals surface area contributed by atoms with Crippen molar-refractivity contribution in [2.24, 2.45) is 0 Å². The maximum absolute atomic E-state index is 12.5. The van der Waals surface area contributed by atoms with Crippen LogP contribution >= 0.6 is 15.9 Å². The first-order valence-corrected chi connectivity index (χ1v) is 9.64. The van der Waals surface area contributed by atoms with Crippen molar-refractivity contribution >= 4 is 27.7 Å². The number of nitrogens with zero attached hydrogens (tertiary/aromatic N) is 2. The molecule has 138 valence electrons. The lowest BCUT2D eigenvalue weighted by molar-refractivity contribution is -0.00546. The van der Waals surface area contributed by atoms with Crippen molar-refractivity contribution in [3.63, 3.8) is 0 Å². The molecule has 2 aromatic rings. The van der Waals surface area contributed by atoms with Crippen LogP contribution in [0.1, 0.15) is 42.7 Å². The standard InChI is InChI=1S/C20H24BrN3O2/c1-13-11-24(12-14(2)26-13)19-9-6-17(10-22-19)20(25)23-15(3)16-4-7-18(21)8-5-16/h4-10,13-15H,11-12H2,1-3H3,(H,23,25)/t13-,14-,15-/m1/s1. The maximum atomic E-state index is 12.5. The molecule has 2 heterocycles. The molecule has 3 rings (SSSR count). The molecule has 0 spiro atoms. The van der Waals surface area contributed by atoms with E-state index in [-0.39, 0.29) is 24.2 Å². The molecule has 1 amide bonds. The van der Waals surface area contributed by atoms with E-state index in [4.69, 9.17) is 4.74 Å². The molecular weight excluding hydrogens is 394 g/mol. The highest BCUT2D eigenvalue weighted by atomic mass is 79.9. The van der Waals surface area contributed by atoms with Crippen LogP contribution in [0.4, 0.5) is 5.82 Å². The third-order valence-corrected chi connectivity index (χ3v) is 5.00. The molecule has 6 heteroatoms. The number of aromatic nitrogens is 1. The molecule has 0 aliphatic carbocycles. The summed E-state index contributed by atoms with van der Waals surface area (Å²) in [5.74, 6) is 0.757. The SMILES string of the molecule is C[C@@H]1CN(c2ccc(C(=O)N[C@H](C)c3ccc(Br)cc3)cn2)C[C@@H](C)O1. The Morgan fingerprint density at radius 1 is 1.19 bits per heavy atom. The molecule has 1 aromatic carbocycles. The van der Waals surface area contributed by atoms with Crippen molar-refractivity contribution in [1.82, 2.24) is 10.3 Å². The Morgan fingerprint density at radius 2 is 1.85 bits per heavy atom. The Morgan fingerprint density at radius 3 is 2.42 bits per heavy atom. The quantitative estimate of drug-likeness (QED) is 0.817. The van der Waals surface area contributed by atoms with Crippen LogP contribution in [0, 0.1) is 0 Å². The molecule has 1 aliphatic rings. The first kappa shape index (κ1) is 18.9. The summed E-state index contributed by atoms with van der Waals surface area (Å²) in [6.07, 6.45) is 2.00. The first-order valence-electron chi connectivity index (χ1n) is 8.85. The number of halogens is 1. The van der Waals surface area contributed by atoms with Crippen LogP contribution in [-0.2, 0) is 4.74 Å². The van der Waals surface area contributed by atoms with Crippen LogP contribution in [-0.4, -0.2) is 36.2 Å². The highest BCUT2D eigenvalue weighted by molar-refractivity contribution is 9.10. The monoisotopic (exact) mass is 417 g/mol. The maximum Gasteiger partial charge on any atom is 0.253 e. The van der Waals surface area contributed by atoms with Gasteiger partial charge >= 0.3 is 0 Å². The summed E-state index contributed by atoms with van der Waals surface area (Å²) in [7, 11) is 0. The highest BCUT2D eigenvalue weighted by Crippen LogP contribution is 2.20. The molecule has 26 heavy (non-hydrogen) atoms. The third-order valence-electron chi connectivity index (χ3n) is 4.47. The topological polar surface area (TPSA) is 54.5 Å². The number of hydrogen-bond donors (Lipinski definition) is 1. The summed E-state index contributed by atoms with van der Waals surface area (Å²) in [5.41, 5.74) is 1.62. The first-order chi connectivity index (χ1) is 12.4. The Labute approximate surface area is 162 Å². The number of carbonyl (C=O) groups is 1. The van der Waals surface area contributed by atoms with E-state index in [1.54, 1.807) is 6.20 Å². The predicted molar refractivity (Wildman–Crippen MR) is 106 cm³/mol. The van der Waals surface area contributed by atoms with E-state index in [1.165, 1.54) is 0 Å². The van der Waals surface area contributed by atoms with Crippen LogP contribution < -0.4 is 10.2 Å². The van der Waals surface area contributed by atoms with E-state index < -0.39 is 0 Å². The van der Waals surface area contributed by atoms with Crippen molar-refractivity contribution in [2.45, 2.75) is 39.0 Å². The number of morpholine rings is 1. The van der Waals surface area contributed by atoms with E-state index in [0.717, 1.165) is 28.9 Å². The van der Waals surface area contributed by atoms with Crippen LogP contribution in [0.15, 0.2) is 47.1 Å².